The van der Waals surface area contributed by atoms with Gasteiger partial charge in [0, 0.05) is 11.3 Å². The number of aliphatic carboxylic acids is 1. The predicted molar refractivity (Wildman–Crippen MR) is 60.4 cm³/mol. The smallest absolute Gasteiger partial charge is 0.318 e. The first-order chi connectivity index (χ1) is 7.02. The predicted octanol–water partition coefficient (Wildman–Crippen LogP) is 1.89. The Labute approximate surface area is 93.5 Å². The van der Waals surface area contributed by atoms with E-state index in [2.05, 4.69) is 12.6 Å². The second kappa shape index (κ2) is 4.49. The third-order valence-electron chi connectivity index (χ3n) is 2.33. The number of benzene rings is 1. The fourth-order valence-electron chi connectivity index (χ4n) is 1.14. The van der Waals surface area contributed by atoms with Crippen LogP contribution in [0.1, 0.15) is 17.3 Å². The van der Waals surface area contributed by atoms with Gasteiger partial charge in [0.2, 0.25) is 0 Å². The summed E-state index contributed by atoms with van der Waals surface area (Å²) in [6.07, 6.45) is 0. The Morgan fingerprint density at radius 1 is 1.33 bits per heavy atom. The molecule has 0 aromatic heterocycles. The Bertz CT molecular complexity index is 375. The minimum Gasteiger partial charge on any atom is -0.480 e. The molecule has 0 spiro atoms. The van der Waals surface area contributed by atoms with E-state index in [1.165, 1.54) is 6.92 Å². The van der Waals surface area contributed by atoms with Crippen molar-refractivity contribution in [3.05, 3.63) is 35.9 Å². The summed E-state index contributed by atoms with van der Waals surface area (Å²) >= 11 is 3.93. The summed E-state index contributed by atoms with van der Waals surface area (Å²) in [5.41, 5.74) is -1.05. The number of Topliss-reactive ketones (excluding diaryl/α,β-unsaturated/α-hetero) is 1. The summed E-state index contributed by atoms with van der Waals surface area (Å²) in [4.78, 5) is 22.9. The molecule has 0 aliphatic rings. The summed E-state index contributed by atoms with van der Waals surface area (Å²) < 4.78 is 0. The second-order valence-electron chi connectivity index (χ2n) is 3.49. The van der Waals surface area contributed by atoms with E-state index in [9.17, 15) is 9.59 Å². The van der Waals surface area contributed by atoms with Crippen LogP contribution in [0, 0.1) is 5.41 Å². The number of thiol groups is 1. The average molecular weight is 224 g/mol. The molecule has 3 nitrogen and oxygen atoms in total. The molecule has 0 aliphatic carbocycles. The van der Waals surface area contributed by atoms with Crippen LogP contribution in [0.3, 0.4) is 0 Å². The summed E-state index contributed by atoms with van der Waals surface area (Å²) in [6, 6.07) is 8.39. The van der Waals surface area contributed by atoms with Crippen LogP contribution in [0.25, 0.3) is 0 Å². The highest BCUT2D eigenvalue weighted by Gasteiger charge is 2.40. The van der Waals surface area contributed by atoms with Crippen LogP contribution in [0.5, 0.6) is 0 Å². The largest absolute Gasteiger partial charge is 0.480 e. The maximum Gasteiger partial charge on any atom is 0.318 e. The third kappa shape index (κ3) is 2.21. The summed E-state index contributed by atoms with van der Waals surface area (Å²) in [6.45, 7) is 1.39. The number of carbonyl (C=O) groups excluding carboxylic acids is 1. The van der Waals surface area contributed by atoms with Gasteiger partial charge in [0.05, 0.1) is 0 Å². The SMILES string of the molecule is CC(CS)(C(=O)O)C(=O)c1ccccc1. The topological polar surface area (TPSA) is 54.4 Å². The van der Waals surface area contributed by atoms with Crippen molar-refractivity contribution in [2.45, 2.75) is 6.92 Å². The molecular formula is C11H12O3S. The molecule has 0 saturated heterocycles. The summed E-state index contributed by atoms with van der Waals surface area (Å²) in [7, 11) is 0. The molecule has 15 heavy (non-hydrogen) atoms. The van der Waals surface area contributed by atoms with Crippen LogP contribution < -0.4 is 0 Å². The number of hydrogen-bond acceptors (Lipinski definition) is 3. The van der Waals surface area contributed by atoms with Crippen LogP contribution in [0.2, 0.25) is 0 Å². The first-order valence-corrected chi connectivity index (χ1v) is 5.09. The maximum absolute atomic E-state index is 11.9. The lowest BCUT2D eigenvalue weighted by Crippen LogP contribution is -2.38. The van der Waals surface area contributed by atoms with E-state index < -0.39 is 17.2 Å². The molecule has 0 fully saturated rings. The van der Waals surface area contributed by atoms with Crippen LogP contribution in [-0.2, 0) is 4.79 Å². The molecule has 1 aromatic rings. The Morgan fingerprint density at radius 3 is 2.27 bits per heavy atom. The van der Waals surface area contributed by atoms with Gasteiger partial charge in [0.25, 0.3) is 0 Å². The zero-order valence-electron chi connectivity index (χ0n) is 8.30. The monoisotopic (exact) mass is 224 g/mol. The lowest BCUT2D eigenvalue weighted by molar-refractivity contribution is -0.143. The highest BCUT2D eigenvalue weighted by atomic mass is 32.1. The fourth-order valence-corrected chi connectivity index (χ4v) is 1.42. The van der Waals surface area contributed by atoms with Crippen LogP contribution >= 0.6 is 12.6 Å². The Morgan fingerprint density at radius 2 is 1.87 bits per heavy atom. The molecule has 1 rings (SSSR count). The molecular weight excluding hydrogens is 212 g/mol. The van der Waals surface area contributed by atoms with E-state index in [4.69, 9.17) is 5.11 Å². The van der Waals surface area contributed by atoms with Crippen molar-refractivity contribution >= 4 is 24.4 Å². The molecule has 4 heteroatoms. The minimum atomic E-state index is -1.45. The van der Waals surface area contributed by atoms with Crippen molar-refractivity contribution in [3.63, 3.8) is 0 Å². The summed E-state index contributed by atoms with van der Waals surface area (Å²) in [5.74, 6) is -1.58. The van der Waals surface area contributed by atoms with Gasteiger partial charge in [-0.2, -0.15) is 12.6 Å². The van der Waals surface area contributed by atoms with Crippen molar-refractivity contribution in [2.24, 2.45) is 5.41 Å². The van der Waals surface area contributed by atoms with Gasteiger partial charge in [0.1, 0.15) is 5.41 Å². The first kappa shape index (κ1) is 11.8. The molecule has 0 heterocycles. The fraction of sp³-hybridized carbons (Fsp3) is 0.273. The molecule has 0 bridgehead atoms. The van der Waals surface area contributed by atoms with Gasteiger partial charge < -0.3 is 5.11 Å². The Hall–Kier alpha value is -1.29. The Balaban J connectivity index is 3.08. The van der Waals surface area contributed by atoms with Gasteiger partial charge >= 0.3 is 5.97 Å². The number of rotatable bonds is 4. The molecule has 1 N–H and O–H groups in total. The summed E-state index contributed by atoms with van der Waals surface area (Å²) in [5, 5.41) is 8.99. The van der Waals surface area contributed by atoms with Crippen molar-refractivity contribution in [1.29, 1.82) is 0 Å². The van der Waals surface area contributed by atoms with E-state index in [0.29, 0.717) is 5.56 Å². The number of hydrogen-bond donors (Lipinski definition) is 2. The highest BCUT2D eigenvalue weighted by molar-refractivity contribution is 7.80. The average Bonchev–Trinajstić information content (AvgIpc) is 2.28. The van der Waals surface area contributed by atoms with Crippen LogP contribution in [-0.4, -0.2) is 22.6 Å². The molecule has 1 aromatic carbocycles. The Kier molecular flexibility index (Phi) is 3.52. The minimum absolute atomic E-state index is 0.0178. The zero-order chi connectivity index (χ0) is 11.5. The first-order valence-electron chi connectivity index (χ1n) is 4.46. The van der Waals surface area contributed by atoms with Crippen molar-refractivity contribution in [1.82, 2.24) is 0 Å². The van der Waals surface area contributed by atoms with Crippen molar-refractivity contribution < 1.29 is 14.7 Å². The van der Waals surface area contributed by atoms with Gasteiger partial charge in [-0.1, -0.05) is 30.3 Å². The maximum atomic E-state index is 11.9. The number of carbonyl (C=O) groups is 2. The normalized spacial score (nSPS) is 14.3. The van der Waals surface area contributed by atoms with E-state index in [1.54, 1.807) is 30.3 Å². The number of carboxylic acid groups (broad SMARTS) is 1. The van der Waals surface area contributed by atoms with E-state index in [-0.39, 0.29) is 5.75 Å². The molecule has 0 radical (unpaired) electrons. The molecule has 1 unspecified atom stereocenters. The second-order valence-corrected chi connectivity index (χ2v) is 3.81. The molecule has 0 saturated carbocycles. The zero-order valence-corrected chi connectivity index (χ0v) is 9.20. The van der Waals surface area contributed by atoms with E-state index in [1.807, 2.05) is 0 Å². The van der Waals surface area contributed by atoms with Crippen molar-refractivity contribution in [2.75, 3.05) is 5.75 Å². The van der Waals surface area contributed by atoms with Gasteiger partial charge in [-0.05, 0) is 6.92 Å². The number of ketones is 1. The highest BCUT2D eigenvalue weighted by Crippen LogP contribution is 2.24. The van der Waals surface area contributed by atoms with Crippen LogP contribution in [0.15, 0.2) is 30.3 Å². The van der Waals surface area contributed by atoms with E-state index >= 15 is 0 Å². The number of carboxylic acids is 1. The van der Waals surface area contributed by atoms with Crippen LogP contribution in [0.4, 0.5) is 0 Å². The van der Waals surface area contributed by atoms with Gasteiger partial charge in [-0.15, -0.1) is 0 Å². The van der Waals surface area contributed by atoms with Gasteiger partial charge in [-0.25, -0.2) is 0 Å². The standard InChI is InChI=1S/C11H12O3S/c1-11(7-15,10(13)14)9(12)8-5-3-2-4-6-8/h2-6,15H,7H2,1H3,(H,13,14). The molecule has 0 aliphatic heterocycles. The molecule has 1 atom stereocenters. The molecule has 80 valence electrons. The molecule has 0 amide bonds. The van der Waals surface area contributed by atoms with Gasteiger partial charge in [-0.3, -0.25) is 9.59 Å². The van der Waals surface area contributed by atoms with Gasteiger partial charge in [0.15, 0.2) is 5.78 Å². The van der Waals surface area contributed by atoms with Crippen molar-refractivity contribution in [3.8, 4) is 0 Å². The van der Waals surface area contributed by atoms with E-state index in [0.717, 1.165) is 0 Å². The quantitative estimate of drug-likeness (QED) is 0.466. The lowest BCUT2D eigenvalue weighted by atomic mass is 9.84. The third-order valence-corrected chi connectivity index (χ3v) is 2.96. The lowest BCUT2D eigenvalue weighted by Gasteiger charge is -2.20.